The van der Waals surface area contributed by atoms with E-state index in [4.69, 9.17) is 4.74 Å². The highest BCUT2D eigenvalue weighted by Crippen LogP contribution is 2.32. The van der Waals surface area contributed by atoms with Crippen molar-refractivity contribution in [2.24, 2.45) is 0 Å². The van der Waals surface area contributed by atoms with Gasteiger partial charge >= 0.3 is 0 Å². The van der Waals surface area contributed by atoms with Gasteiger partial charge in [-0.15, -0.1) is 0 Å². The standard InChI is InChI=1S/C23H22N2O3/c1-17-10-6-7-13-20(17)24-23(27)16-25(18(2)26)21-14-8-9-15-22(21)28-19-11-4-3-5-12-19/h3-15H,16H2,1-2H3,(H,24,27). The Hall–Kier alpha value is -3.60. The maximum Gasteiger partial charge on any atom is 0.244 e. The first-order valence-corrected chi connectivity index (χ1v) is 9.00. The number of nitrogens with one attached hydrogen (secondary N) is 1. The Morgan fingerprint density at radius 1 is 0.893 bits per heavy atom. The van der Waals surface area contributed by atoms with Gasteiger partial charge in [0.2, 0.25) is 11.8 Å². The van der Waals surface area contributed by atoms with Crippen molar-refractivity contribution in [3.63, 3.8) is 0 Å². The third-order valence-electron chi connectivity index (χ3n) is 4.23. The quantitative estimate of drug-likeness (QED) is 0.675. The highest BCUT2D eigenvalue weighted by atomic mass is 16.5. The molecule has 0 unspecified atom stereocenters. The molecule has 0 atom stereocenters. The molecule has 0 aliphatic carbocycles. The van der Waals surface area contributed by atoms with Crippen LogP contribution in [0.5, 0.6) is 11.5 Å². The summed E-state index contributed by atoms with van der Waals surface area (Å²) in [6.45, 7) is 3.24. The molecular weight excluding hydrogens is 352 g/mol. The number of carbonyl (C=O) groups excluding carboxylic acids is 2. The Morgan fingerprint density at radius 2 is 1.54 bits per heavy atom. The molecule has 3 rings (SSSR count). The van der Waals surface area contributed by atoms with Gasteiger partial charge in [0.05, 0.1) is 5.69 Å². The van der Waals surface area contributed by atoms with Crippen LogP contribution in [0, 0.1) is 6.92 Å². The lowest BCUT2D eigenvalue weighted by molar-refractivity contribution is -0.120. The van der Waals surface area contributed by atoms with Crippen molar-refractivity contribution in [1.29, 1.82) is 0 Å². The maximum absolute atomic E-state index is 12.6. The fourth-order valence-electron chi connectivity index (χ4n) is 2.79. The third kappa shape index (κ3) is 4.76. The van der Waals surface area contributed by atoms with Crippen LogP contribution in [0.3, 0.4) is 0 Å². The Kier molecular flexibility index (Phi) is 6.07. The van der Waals surface area contributed by atoms with Gasteiger partial charge in [-0.05, 0) is 42.8 Å². The van der Waals surface area contributed by atoms with E-state index in [1.165, 1.54) is 11.8 Å². The Labute approximate surface area is 164 Å². The van der Waals surface area contributed by atoms with Gasteiger partial charge in [-0.2, -0.15) is 0 Å². The van der Waals surface area contributed by atoms with Crippen LogP contribution in [-0.2, 0) is 9.59 Å². The summed E-state index contributed by atoms with van der Waals surface area (Å²) >= 11 is 0. The summed E-state index contributed by atoms with van der Waals surface area (Å²) in [6.07, 6.45) is 0. The van der Waals surface area contributed by atoms with E-state index >= 15 is 0 Å². The average Bonchev–Trinajstić information content (AvgIpc) is 2.69. The normalized spacial score (nSPS) is 10.2. The zero-order valence-electron chi connectivity index (χ0n) is 15.9. The molecule has 0 fully saturated rings. The number of hydrogen-bond donors (Lipinski definition) is 1. The minimum atomic E-state index is -0.279. The van der Waals surface area contributed by atoms with Gasteiger partial charge in [0.25, 0.3) is 0 Å². The summed E-state index contributed by atoms with van der Waals surface area (Å²) in [4.78, 5) is 26.3. The van der Waals surface area contributed by atoms with Crippen LogP contribution < -0.4 is 15.0 Å². The summed E-state index contributed by atoms with van der Waals surface area (Å²) in [5.41, 5.74) is 2.22. The summed E-state index contributed by atoms with van der Waals surface area (Å²) in [6, 6.07) is 24.0. The number of para-hydroxylation sites is 4. The van der Waals surface area contributed by atoms with Gasteiger partial charge in [-0.25, -0.2) is 0 Å². The second kappa shape index (κ2) is 8.86. The largest absolute Gasteiger partial charge is 0.455 e. The first-order chi connectivity index (χ1) is 13.5. The molecule has 3 aromatic carbocycles. The molecule has 3 aromatic rings. The average molecular weight is 374 g/mol. The molecule has 0 spiro atoms. The molecule has 0 heterocycles. The van der Waals surface area contributed by atoms with Crippen LogP contribution >= 0.6 is 0 Å². The van der Waals surface area contributed by atoms with Gasteiger partial charge in [0.15, 0.2) is 5.75 Å². The second-order valence-electron chi connectivity index (χ2n) is 6.35. The van der Waals surface area contributed by atoms with E-state index in [0.717, 1.165) is 11.3 Å². The predicted molar refractivity (Wildman–Crippen MR) is 111 cm³/mol. The van der Waals surface area contributed by atoms with Crippen molar-refractivity contribution in [2.75, 3.05) is 16.8 Å². The molecule has 5 nitrogen and oxygen atoms in total. The van der Waals surface area contributed by atoms with E-state index in [1.54, 1.807) is 12.1 Å². The van der Waals surface area contributed by atoms with E-state index in [0.29, 0.717) is 17.2 Å². The molecule has 0 aliphatic heterocycles. The summed E-state index contributed by atoms with van der Waals surface area (Å²) in [5.74, 6) is 0.637. The number of carbonyl (C=O) groups is 2. The van der Waals surface area contributed by atoms with Crippen LogP contribution in [-0.4, -0.2) is 18.4 Å². The van der Waals surface area contributed by atoms with Gasteiger partial charge in [0.1, 0.15) is 12.3 Å². The molecule has 2 amide bonds. The topological polar surface area (TPSA) is 58.6 Å². The lowest BCUT2D eigenvalue weighted by Gasteiger charge is -2.23. The van der Waals surface area contributed by atoms with E-state index < -0.39 is 0 Å². The summed E-state index contributed by atoms with van der Waals surface area (Å²) in [7, 11) is 0. The number of ether oxygens (including phenoxy) is 1. The fraction of sp³-hybridized carbons (Fsp3) is 0.130. The fourth-order valence-corrected chi connectivity index (χ4v) is 2.79. The number of nitrogens with zero attached hydrogens (tertiary/aromatic N) is 1. The van der Waals surface area contributed by atoms with Crippen LogP contribution in [0.15, 0.2) is 78.9 Å². The number of benzene rings is 3. The predicted octanol–water partition coefficient (Wildman–Crippen LogP) is 4.78. The van der Waals surface area contributed by atoms with E-state index in [-0.39, 0.29) is 18.4 Å². The number of hydrogen-bond acceptors (Lipinski definition) is 3. The van der Waals surface area contributed by atoms with Gasteiger partial charge in [-0.1, -0.05) is 48.5 Å². The van der Waals surface area contributed by atoms with Crippen molar-refractivity contribution >= 4 is 23.2 Å². The second-order valence-corrected chi connectivity index (χ2v) is 6.35. The molecule has 28 heavy (non-hydrogen) atoms. The molecule has 0 saturated carbocycles. The zero-order valence-corrected chi connectivity index (χ0v) is 15.9. The highest BCUT2D eigenvalue weighted by Gasteiger charge is 2.20. The van der Waals surface area contributed by atoms with Crippen LogP contribution in [0.2, 0.25) is 0 Å². The molecule has 142 valence electrons. The first-order valence-electron chi connectivity index (χ1n) is 9.00. The van der Waals surface area contributed by atoms with Crippen LogP contribution in [0.1, 0.15) is 12.5 Å². The van der Waals surface area contributed by atoms with Crippen molar-refractivity contribution in [3.8, 4) is 11.5 Å². The number of aryl methyl sites for hydroxylation is 1. The lowest BCUT2D eigenvalue weighted by atomic mass is 10.2. The van der Waals surface area contributed by atoms with Crippen molar-refractivity contribution in [2.45, 2.75) is 13.8 Å². The van der Waals surface area contributed by atoms with E-state index in [1.807, 2.05) is 73.7 Å². The van der Waals surface area contributed by atoms with E-state index in [2.05, 4.69) is 5.32 Å². The Morgan fingerprint density at radius 3 is 2.25 bits per heavy atom. The highest BCUT2D eigenvalue weighted by molar-refractivity contribution is 6.02. The molecule has 1 N–H and O–H groups in total. The smallest absolute Gasteiger partial charge is 0.244 e. The molecule has 0 saturated heterocycles. The molecule has 0 radical (unpaired) electrons. The van der Waals surface area contributed by atoms with Gasteiger partial charge < -0.3 is 10.1 Å². The van der Waals surface area contributed by atoms with Crippen molar-refractivity contribution in [1.82, 2.24) is 0 Å². The SMILES string of the molecule is CC(=O)N(CC(=O)Nc1ccccc1C)c1ccccc1Oc1ccccc1. The summed E-state index contributed by atoms with van der Waals surface area (Å²) in [5, 5.41) is 2.86. The monoisotopic (exact) mass is 374 g/mol. The van der Waals surface area contributed by atoms with Crippen LogP contribution in [0.25, 0.3) is 0 Å². The van der Waals surface area contributed by atoms with Gasteiger partial charge in [0, 0.05) is 12.6 Å². The number of amides is 2. The van der Waals surface area contributed by atoms with Gasteiger partial charge in [-0.3, -0.25) is 14.5 Å². The minimum absolute atomic E-state index is 0.112. The molecular formula is C23H22N2O3. The zero-order chi connectivity index (χ0) is 19.9. The van der Waals surface area contributed by atoms with Crippen molar-refractivity contribution in [3.05, 3.63) is 84.4 Å². The van der Waals surface area contributed by atoms with Crippen molar-refractivity contribution < 1.29 is 14.3 Å². The molecule has 0 bridgehead atoms. The van der Waals surface area contributed by atoms with E-state index in [9.17, 15) is 9.59 Å². The number of rotatable bonds is 6. The lowest BCUT2D eigenvalue weighted by Crippen LogP contribution is -2.37. The Bertz CT molecular complexity index is 970. The first kappa shape index (κ1) is 19.2. The molecule has 0 aliphatic rings. The molecule has 0 aromatic heterocycles. The summed E-state index contributed by atoms with van der Waals surface area (Å²) < 4.78 is 5.93. The molecule has 5 heteroatoms. The Balaban J connectivity index is 1.82. The van der Waals surface area contributed by atoms with Crippen LogP contribution in [0.4, 0.5) is 11.4 Å². The number of anilines is 2. The minimum Gasteiger partial charge on any atom is -0.455 e. The third-order valence-corrected chi connectivity index (χ3v) is 4.23. The maximum atomic E-state index is 12.6.